The number of carbonyl (C=O) groups excluding carboxylic acids is 1. The van der Waals surface area contributed by atoms with Gasteiger partial charge in [0.1, 0.15) is 5.04 Å². The van der Waals surface area contributed by atoms with Crippen molar-refractivity contribution in [2.75, 3.05) is 11.1 Å². The third kappa shape index (κ3) is 4.43. The van der Waals surface area contributed by atoms with E-state index in [0.717, 1.165) is 47.7 Å². The number of anilines is 1. The fourth-order valence-electron chi connectivity index (χ4n) is 3.45. The van der Waals surface area contributed by atoms with Crippen molar-refractivity contribution in [3.8, 4) is 0 Å². The molecule has 0 saturated heterocycles. The molecule has 1 aliphatic heterocycles. The minimum absolute atomic E-state index is 0.0853. The fraction of sp³-hybridized carbons (Fsp3) is 0.286. The van der Waals surface area contributed by atoms with E-state index in [1.807, 2.05) is 24.3 Å². The highest BCUT2D eigenvalue weighted by molar-refractivity contribution is 8.16. The highest BCUT2D eigenvalue weighted by Gasteiger charge is 2.39. The van der Waals surface area contributed by atoms with Crippen LogP contribution in [0.15, 0.2) is 58.5 Å². The van der Waals surface area contributed by atoms with Gasteiger partial charge in [0.25, 0.3) is 0 Å². The standard InChI is InChI=1S/C21H19Cl2N3OS/c22-15-5-3-14(4-6-15)19-20(26-21(25-19)11-1-2-12-21)28-13-18(27)24-17-9-7-16(23)8-10-17/h3-10H,1-2,11-13H2,(H,24,27). The summed E-state index contributed by atoms with van der Waals surface area (Å²) in [6.45, 7) is 0. The van der Waals surface area contributed by atoms with Gasteiger partial charge in [-0.1, -0.05) is 47.1 Å². The molecule has 4 rings (SSSR count). The first kappa shape index (κ1) is 19.5. The van der Waals surface area contributed by atoms with Gasteiger partial charge in [0, 0.05) is 21.3 Å². The number of nitrogens with one attached hydrogen (secondary N) is 1. The van der Waals surface area contributed by atoms with Crippen molar-refractivity contribution >= 4 is 57.3 Å². The van der Waals surface area contributed by atoms with Crippen LogP contribution in [0.2, 0.25) is 10.0 Å². The topological polar surface area (TPSA) is 53.8 Å². The van der Waals surface area contributed by atoms with E-state index in [9.17, 15) is 4.79 Å². The summed E-state index contributed by atoms with van der Waals surface area (Å²) >= 11 is 13.3. The van der Waals surface area contributed by atoms with Crippen LogP contribution in [0.3, 0.4) is 0 Å². The Balaban J connectivity index is 1.48. The monoisotopic (exact) mass is 431 g/mol. The van der Waals surface area contributed by atoms with E-state index in [1.165, 1.54) is 11.8 Å². The van der Waals surface area contributed by atoms with Crippen LogP contribution >= 0.6 is 35.0 Å². The summed E-state index contributed by atoms with van der Waals surface area (Å²) in [5, 5.41) is 5.04. The molecule has 7 heteroatoms. The number of hydrogen-bond donors (Lipinski definition) is 1. The van der Waals surface area contributed by atoms with Crippen LogP contribution < -0.4 is 5.32 Å². The first-order valence-electron chi connectivity index (χ1n) is 9.17. The van der Waals surface area contributed by atoms with Crippen molar-refractivity contribution in [2.45, 2.75) is 31.3 Å². The molecule has 1 amide bonds. The molecule has 0 bridgehead atoms. The average Bonchev–Trinajstić information content (AvgIpc) is 3.30. The molecule has 1 saturated carbocycles. The van der Waals surface area contributed by atoms with Crippen molar-refractivity contribution in [1.29, 1.82) is 0 Å². The first-order valence-corrected chi connectivity index (χ1v) is 10.9. The zero-order chi connectivity index (χ0) is 19.6. The second-order valence-corrected chi connectivity index (χ2v) is 8.75. The summed E-state index contributed by atoms with van der Waals surface area (Å²) in [6, 6.07) is 14.7. The maximum Gasteiger partial charge on any atom is 0.234 e. The van der Waals surface area contributed by atoms with Crippen molar-refractivity contribution in [3.63, 3.8) is 0 Å². The Morgan fingerprint density at radius 2 is 1.57 bits per heavy atom. The van der Waals surface area contributed by atoms with Crippen LogP contribution in [0.5, 0.6) is 0 Å². The number of rotatable bonds is 4. The highest BCUT2D eigenvalue weighted by Crippen LogP contribution is 2.40. The largest absolute Gasteiger partial charge is 0.325 e. The number of amides is 1. The molecule has 2 aromatic carbocycles. The number of nitrogens with zero attached hydrogens (tertiary/aromatic N) is 2. The van der Waals surface area contributed by atoms with Gasteiger partial charge in [-0.15, -0.1) is 0 Å². The number of halogens is 2. The number of benzene rings is 2. The van der Waals surface area contributed by atoms with Gasteiger partial charge in [-0.3, -0.25) is 9.79 Å². The van der Waals surface area contributed by atoms with E-state index in [0.29, 0.717) is 10.0 Å². The summed E-state index contributed by atoms with van der Waals surface area (Å²) in [7, 11) is 0. The minimum Gasteiger partial charge on any atom is -0.325 e. The zero-order valence-electron chi connectivity index (χ0n) is 15.1. The molecular weight excluding hydrogens is 413 g/mol. The van der Waals surface area contributed by atoms with Gasteiger partial charge in [-0.05, 0) is 62.1 Å². The molecule has 0 unspecified atom stereocenters. The summed E-state index contributed by atoms with van der Waals surface area (Å²) in [5.41, 5.74) is 2.23. The smallest absolute Gasteiger partial charge is 0.234 e. The van der Waals surface area contributed by atoms with Gasteiger partial charge < -0.3 is 5.32 Å². The fourth-order valence-corrected chi connectivity index (χ4v) is 4.58. The van der Waals surface area contributed by atoms with Crippen molar-refractivity contribution < 1.29 is 4.79 Å². The van der Waals surface area contributed by atoms with Crippen LogP contribution in [0.4, 0.5) is 5.69 Å². The Hall–Kier alpha value is -1.82. The highest BCUT2D eigenvalue weighted by atomic mass is 35.5. The number of carbonyl (C=O) groups is 1. The third-order valence-electron chi connectivity index (χ3n) is 4.82. The predicted molar refractivity (Wildman–Crippen MR) is 119 cm³/mol. The molecular formula is C21H19Cl2N3OS. The Morgan fingerprint density at radius 1 is 0.964 bits per heavy atom. The molecule has 144 valence electrons. The SMILES string of the molecule is O=C(CSC1=NC2(CCCC2)N=C1c1ccc(Cl)cc1)Nc1ccc(Cl)cc1. The lowest BCUT2D eigenvalue weighted by Crippen LogP contribution is -2.17. The Morgan fingerprint density at radius 3 is 2.21 bits per heavy atom. The molecule has 1 N–H and O–H groups in total. The minimum atomic E-state index is -0.343. The summed E-state index contributed by atoms with van der Waals surface area (Å²) in [5.74, 6) is 0.183. The lowest BCUT2D eigenvalue weighted by atomic mass is 10.1. The molecule has 2 aromatic rings. The maximum absolute atomic E-state index is 12.4. The Bertz CT molecular complexity index is 933. The summed E-state index contributed by atoms with van der Waals surface area (Å²) in [6.07, 6.45) is 4.20. The van der Waals surface area contributed by atoms with Crippen LogP contribution in [0.25, 0.3) is 0 Å². The van der Waals surface area contributed by atoms with Crippen LogP contribution in [-0.4, -0.2) is 28.1 Å². The first-order chi connectivity index (χ1) is 13.5. The molecule has 1 fully saturated rings. The van der Waals surface area contributed by atoms with Gasteiger partial charge in [0.05, 0.1) is 11.5 Å². The molecule has 2 aliphatic rings. The number of hydrogen-bond acceptors (Lipinski definition) is 4. The summed E-state index contributed by atoms with van der Waals surface area (Å²) in [4.78, 5) is 22.3. The van der Waals surface area contributed by atoms with E-state index in [2.05, 4.69) is 5.32 Å². The molecule has 0 aromatic heterocycles. The molecule has 1 heterocycles. The molecule has 4 nitrogen and oxygen atoms in total. The second kappa shape index (κ2) is 8.27. The van der Waals surface area contributed by atoms with E-state index in [1.54, 1.807) is 24.3 Å². The molecule has 1 aliphatic carbocycles. The van der Waals surface area contributed by atoms with Crippen LogP contribution in [-0.2, 0) is 4.79 Å². The van der Waals surface area contributed by atoms with E-state index in [-0.39, 0.29) is 17.3 Å². The Labute approximate surface area is 178 Å². The van der Waals surface area contributed by atoms with E-state index in [4.69, 9.17) is 33.2 Å². The quantitative estimate of drug-likeness (QED) is 0.660. The lowest BCUT2D eigenvalue weighted by Gasteiger charge is -2.14. The average molecular weight is 432 g/mol. The molecule has 28 heavy (non-hydrogen) atoms. The van der Waals surface area contributed by atoms with Crippen LogP contribution in [0, 0.1) is 0 Å². The van der Waals surface area contributed by atoms with E-state index >= 15 is 0 Å². The van der Waals surface area contributed by atoms with Crippen molar-refractivity contribution in [3.05, 3.63) is 64.1 Å². The number of aliphatic imine (C=N–C) groups is 2. The predicted octanol–water partition coefficient (Wildman–Crippen LogP) is 5.84. The summed E-state index contributed by atoms with van der Waals surface area (Å²) < 4.78 is 0. The number of thioether (sulfide) groups is 1. The van der Waals surface area contributed by atoms with Gasteiger partial charge in [-0.2, -0.15) is 0 Å². The second-order valence-electron chi connectivity index (χ2n) is 6.92. The van der Waals surface area contributed by atoms with Gasteiger partial charge in [0.2, 0.25) is 5.91 Å². The van der Waals surface area contributed by atoms with Gasteiger partial charge >= 0.3 is 0 Å². The van der Waals surface area contributed by atoms with E-state index < -0.39 is 0 Å². The molecule has 1 spiro atoms. The van der Waals surface area contributed by atoms with Gasteiger partial charge in [-0.25, -0.2) is 4.99 Å². The van der Waals surface area contributed by atoms with Gasteiger partial charge in [0.15, 0.2) is 5.66 Å². The molecule has 0 radical (unpaired) electrons. The normalized spacial score (nSPS) is 17.5. The van der Waals surface area contributed by atoms with Crippen LogP contribution in [0.1, 0.15) is 31.2 Å². The lowest BCUT2D eigenvalue weighted by molar-refractivity contribution is -0.113. The zero-order valence-corrected chi connectivity index (χ0v) is 17.4. The van der Waals surface area contributed by atoms with Crippen molar-refractivity contribution in [2.24, 2.45) is 9.98 Å². The Kier molecular flexibility index (Phi) is 5.76. The third-order valence-corrected chi connectivity index (χ3v) is 6.29. The molecule has 0 atom stereocenters. The van der Waals surface area contributed by atoms with Crippen molar-refractivity contribution in [1.82, 2.24) is 0 Å². The maximum atomic E-state index is 12.4.